The number of aliphatic hydroxyl groups excluding tert-OH is 1. The molecule has 0 heterocycles. The largest absolute Gasteiger partial charge is 0.392 e. The molecular formula is C10H24N2O. The Bertz CT molecular complexity index is 140. The van der Waals surface area contributed by atoms with E-state index in [-0.39, 0.29) is 11.5 Å². The Morgan fingerprint density at radius 1 is 1.38 bits per heavy atom. The Labute approximate surface area is 81.9 Å². The van der Waals surface area contributed by atoms with Crippen LogP contribution in [0.3, 0.4) is 0 Å². The normalized spacial score (nSPS) is 17.5. The fraction of sp³-hybridized carbons (Fsp3) is 1.00. The monoisotopic (exact) mass is 188 g/mol. The summed E-state index contributed by atoms with van der Waals surface area (Å²) in [6, 6.07) is 0.321. The maximum absolute atomic E-state index is 9.25. The van der Waals surface area contributed by atoms with Crippen molar-refractivity contribution < 1.29 is 5.11 Å². The van der Waals surface area contributed by atoms with E-state index in [4.69, 9.17) is 5.73 Å². The van der Waals surface area contributed by atoms with Crippen molar-refractivity contribution >= 4 is 0 Å². The molecule has 3 nitrogen and oxygen atoms in total. The lowest BCUT2D eigenvalue weighted by Crippen LogP contribution is -2.48. The predicted molar refractivity (Wildman–Crippen MR) is 56.6 cm³/mol. The van der Waals surface area contributed by atoms with E-state index in [9.17, 15) is 5.11 Å². The molecule has 0 bridgehead atoms. The molecular weight excluding hydrogens is 164 g/mol. The first-order chi connectivity index (χ1) is 5.79. The van der Waals surface area contributed by atoms with Gasteiger partial charge in [-0.2, -0.15) is 0 Å². The summed E-state index contributed by atoms with van der Waals surface area (Å²) in [6.45, 7) is 9.62. The van der Waals surface area contributed by atoms with E-state index in [1.807, 2.05) is 7.05 Å². The minimum Gasteiger partial charge on any atom is -0.392 e. The molecule has 0 spiro atoms. The van der Waals surface area contributed by atoms with Gasteiger partial charge in [0, 0.05) is 19.1 Å². The van der Waals surface area contributed by atoms with Gasteiger partial charge in [0.2, 0.25) is 0 Å². The van der Waals surface area contributed by atoms with Crippen LogP contribution in [0.5, 0.6) is 0 Å². The molecule has 0 radical (unpaired) electrons. The molecule has 0 saturated heterocycles. The fourth-order valence-electron chi connectivity index (χ4n) is 1.74. The van der Waals surface area contributed by atoms with Crippen LogP contribution in [0.2, 0.25) is 0 Å². The Morgan fingerprint density at radius 3 is 2.08 bits per heavy atom. The first-order valence-electron chi connectivity index (χ1n) is 4.87. The van der Waals surface area contributed by atoms with Crippen molar-refractivity contribution in [3.63, 3.8) is 0 Å². The molecule has 0 aromatic carbocycles. The summed E-state index contributed by atoms with van der Waals surface area (Å²) in [4.78, 5) is 2.13. The fourth-order valence-corrected chi connectivity index (χ4v) is 1.74. The van der Waals surface area contributed by atoms with Crippen LogP contribution in [0.15, 0.2) is 0 Å². The van der Waals surface area contributed by atoms with Gasteiger partial charge in [0.15, 0.2) is 0 Å². The van der Waals surface area contributed by atoms with Crippen LogP contribution in [-0.2, 0) is 0 Å². The van der Waals surface area contributed by atoms with Crippen molar-refractivity contribution in [2.24, 2.45) is 11.1 Å². The van der Waals surface area contributed by atoms with Gasteiger partial charge in [0.05, 0.1) is 6.10 Å². The molecule has 0 aliphatic rings. The molecule has 0 aromatic heterocycles. The standard InChI is InChI=1S/C10H24N2O/c1-8(13)7-12(5)9(6-11)10(2,3)4/h8-9,13H,6-7,11H2,1-5H3. The zero-order valence-electron chi connectivity index (χ0n) is 9.54. The van der Waals surface area contributed by atoms with Crippen molar-refractivity contribution in [1.29, 1.82) is 0 Å². The maximum Gasteiger partial charge on any atom is 0.0639 e. The van der Waals surface area contributed by atoms with Crippen LogP contribution in [0.4, 0.5) is 0 Å². The van der Waals surface area contributed by atoms with Crippen molar-refractivity contribution in [2.75, 3.05) is 20.1 Å². The lowest BCUT2D eigenvalue weighted by Gasteiger charge is -2.37. The second-order valence-corrected chi connectivity index (χ2v) is 4.91. The summed E-state index contributed by atoms with van der Waals surface area (Å²) in [6.07, 6.45) is -0.290. The number of nitrogens with two attached hydrogens (primary N) is 1. The van der Waals surface area contributed by atoms with Crippen molar-refractivity contribution in [3.8, 4) is 0 Å². The zero-order chi connectivity index (χ0) is 10.6. The minimum atomic E-state index is -0.290. The summed E-state index contributed by atoms with van der Waals surface area (Å²) in [5.41, 5.74) is 5.88. The van der Waals surface area contributed by atoms with Crippen molar-refractivity contribution in [3.05, 3.63) is 0 Å². The van der Waals surface area contributed by atoms with Gasteiger partial charge in [0.1, 0.15) is 0 Å². The molecule has 0 amide bonds. The number of rotatable bonds is 4. The van der Waals surface area contributed by atoms with E-state index in [1.54, 1.807) is 6.92 Å². The lowest BCUT2D eigenvalue weighted by molar-refractivity contribution is 0.0755. The van der Waals surface area contributed by atoms with Gasteiger partial charge in [-0.3, -0.25) is 4.90 Å². The average molecular weight is 188 g/mol. The highest BCUT2D eigenvalue weighted by molar-refractivity contribution is 4.82. The number of hydrogen-bond donors (Lipinski definition) is 2. The third-order valence-corrected chi connectivity index (χ3v) is 2.31. The van der Waals surface area contributed by atoms with Crippen LogP contribution in [-0.4, -0.2) is 42.3 Å². The molecule has 0 aliphatic carbocycles. The number of aliphatic hydroxyl groups is 1. The first-order valence-corrected chi connectivity index (χ1v) is 4.87. The molecule has 80 valence electrons. The van der Waals surface area contributed by atoms with Gasteiger partial charge >= 0.3 is 0 Å². The van der Waals surface area contributed by atoms with E-state index in [1.165, 1.54) is 0 Å². The molecule has 3 heteroatoms. The Balaban J connectivity index is 4.24. The highest BCUT2D eigenvalue weighted by atomic mass is 16.3. The summed E-state index contributed by atoms with van der Waals surface area (Å²) in [5, 5.41) is 9.25. The molecule has 0 fully saturated rings. The third kappa shape index (κ3) is 4.60. The number of hydrogen-bond acceptors (Lipinski definition) is 3. The number of nitrogens with zero attached hydrogens (tertiary/aromatic N) is 1. The quantitative estimate of drug-likeness (QED) is 0.682. The van der Waals surface area contributed by atoms with Gasteiger partial charge in [-0.25, -0.2) is 0 Å². The van der Waals surface area contributed by atoms with Gasteiger partial charge < -0.3 is 10.8 Å². The summed E-state index contributed by atoms with van der Waals surface area (Å²) >= 11 is 0. The highest BCUT2D eigenvalue weighted by Crippen LogP contribution is 2.22. The van der Waals surface area contributed by atoms with E-state index in [0.29, 0.717) is 19.1 Å². The molecule has 2 unspecified atom stereocenters. The zero-order valence-corrected chi connectivity index (χ0v) is 9.54. The molecule has 0 rings (SSSR count). The van der Waals surface area contributed by atoms with Gasteiger partial charge in [-0.05, 0) is 19.4 Å². The smallest absolute Gasteiger partial charge is 0.0639 e. The van der Waals surface area contributed by atoms with Crippen molar-refractivity contribution in [1.82, 2.24) is 4.90 Å². The second-order valence-electron chi connectivity index (χ2n) is 4.91. The topological polar surface area (TPSA) is 49.5 Å². The lowest BCUT2D eigenvalue weighted by atomic mass is 9.86. The van der Waals surface area contributed by atoms with Crippen LogP contribution >= 0.6 is 0 Å². The van der Waals surface area contributed by atoms with Crippen LogP contribution < -0.4 is 5.73 Å². The molecule has 0 saturated carbocycles. The average Bonchev–Trinajstić information content (AvgIpc) is 1.82. The molecule has 0 aromatic rings. The van der Waals surface area contributed by atoms with Crippen molar-refractivity contribution in [2.45, 2.75) is 39.8 Å². The van der Waals surface area contributed by atoms with Crippen LogP contribution in [0.25, 0.3) is 0 Å². The van der Waals surface area contributed by atoms with Crippen LogP contribution in [0.1, 0.15) is 27.7 Å². The second kappa shape index (κ2) is 4.94. The SMILES string of the molecule is CC(O)CN(C)C(CN)C(C)(C)C. The molecule has 2 atom stereocenters. The molecule has 3 N–H and O–H groups in total. The molecule has 0 aliphatic heterocycles. The van der Waals surface area contributed by atoms with E-state index >= 15 is 0 Å². The van der Waals surface area contributed by atoms with Gasteiger partial charge in [-0.1, -0.05) is 20.8 Å². The number of likely N-dealkylation sites (N-methyl/N-ethyl adjacent to an activating group) is 1. The van der Waals surface area contributed by atoms with Gasteiger partial charge in [0.25, 0.3) is 0 Å². The maximum atomic E-state index is 9.25. The van der Waals surface area contributed by atoms with Crippen LogP contribution in [0, 0.1) is 5.41 Å². The molecule has 13 heavy (non-hydrogen) atoms. The summed E-state index contributed by atoms with van der Waals surface area (Å²) in [7, 11) is 2.01. The highest BCUT2D eigenvalue weighted by Gasteiger charge is 2.27. The summed E-state index contributed by atoms with van der Waals surface area (Å²) < 4.78 is 0. The van der Waals surface area contributed by atoms with E-state index < -0.39 is 0 Å². The predicted octanol–water partition coefficient (Wildman–Crippen LogP) is 0.672. The van der Waals surface area contributed by atoms with E-state index in [0.717, 1.165) is 0 Å². The summed E-state index contributed by atoms with van der Waals surface area (Å²) in [5.74, 6) is 0. The Morgan fingerprint density at radius 2 is 1.85 bits per heavy atom. The van der Waals surface area contributed by atoms with Gasteiger partial charge in [-0.15, -0.1) is 0 Å². The Hall–Kier alpha value is -0.120. The van der Waals surface area contributed by atoms with E-state index in [2.05, 4.69) is 25.7 Å². The Kier molecular flexibility index (Phi) is 4.89. The first kappa shape index (κ1) is 12.9. The minimum absolute atomic E-state index is 0.165. The third-order valence-electron chi connectivity index (χ3n) is 2.31.